The van der Waals surface area contributed by atoms with Gasteiger partial charge in [0.05, 0.1) is 10.3 Å². The molecule has 0 fully saturated rings. The second-order valence-corrected chi connectivity index (χ2v) is 5.42. The molecule has 0 aliphatic carbocycles. The Balaban J connectivity index is 2.38. The van der Waals surface area contributed by atoms with E-state index in [1.807, 2.05) is 30.4 Å². The highest BCUT2D eigenvalue weighted by atomic mass is 32.2. The molecule has 0 saturated carbocycles. The first-order valence-corrected chi connectivity index (χ1v) is 6.82. The summed E-state index contributed by atoms with van der Waals surface area (Å²) >= 11 is 1.47. The second kappa shape index (κ2) is 4.59. The lowest BCUT2D eigenvalue weighted by Gasteiger charge is -2.18. The highest BCUT2D eigenvalue weighted by Gasteiger charge is 2.23. The number of hydrogen-bond donors (Lipinski definition) is 0. The molecule has 1 aliphatic heterocycles. The lowest BCUT2D eigenvalue weighted by molar-refractivity contribution is 0.570. The van der Waals surface area contributed by atoms with Crippen molar-refractivity contribution in [3.8, 4) is 0 Å². The van der Waals surface area contributed by atoms with Gasteiger partial charge < -0.3 is 4.42 Å². The molecule has 1 aromatic carbocycles. The molecule has 0 N–H and O–H groups in total. The minimum absolute atomic E-state index is 0.0150. The van der Waals surface area contributed by atoms with Crippen LogP contribution in [0, 0.1) is 0 Å². The van der Waals surface area contributed by atoms with Crippen molar-refractivity contribution >= 4 is 28.3 Å². The zero-order chi connectivity index (χ0) is 13.4. The van der Waals surface area contributed by atoms with E-state index in [-0.39, 0.29) is 10.7 Å². The number of fused-ring (bicyclic) bond motifs is 2. The maximum Gasteiger partial charge on any atom is 0.206 e. The summed E-state index contributed by atoms with van der Waals surface area (Å²) in [6, 6.07) is 7.30. The lowest BCUT2D eigenvalue weighted by atomic mass is 10.1. The van der Waals surface area contributed by atoms with Gasteiger partial charge in [-0.2, -0.15) is 0 Å². The normalized spacial score (nSPS) is 17.7. The first kappa shape index (κ1) is 12.1. The Morgan fingerprint density at radius 2 is 2.05 bits per heavy atom. The fourth-order valence-corrected chi connectivity index (χ4v) is 3.19. The predicted octanol–water partition coefficient (Wildman–Crippen LogP) is 4.02. The van der Waals surface area contributed by atoms with Crippen LogP contribution >= 0.6 is 11.8 Å². The van der Waals surface area contributed by atoms with E-state index < -0.39 is 0 Å². The van der Waals surface area contributed by atoms with Crippen LogP contribution in [-0.4, -0.2) is 5.25 Å². The van der Waals surface area contributed by atoms with Gasteiger partial charge >= 0.3 is 0 Å². The van der Waals surface area contributed by atoms with Crippen LogP contribution < -0.4 is 5.43 Å². The molecule has 0 amide bonds. The average Bonchev–Trinajstić information content (AvgIpc) is 2.47. The van der Waals surface area contributed by atoms with Crippen molar-refractivity contribution in [2.75, 3.05) is 0 Å². The number of thioether (sulfide) groups is 1. The number of allylic oxidation sites excluding steroid dienone is 2. The molecule has 2 nitrogen and oxygen atoms in total. The topological polar surface area (TPSA) is 30.2 Å². The van der Waals surface area contributed by atoms with Crippen LogP contribution in [0.5, 0.6) is 0 Å². The van der Waals surface area contributed by atoms with Crippen molar-refractivity contribution in [3.63, 3.8) is 0 Å². The molecule has 3 rings (SSSR count). The predicted molar refractivity (Wildman–Crippen MR) is 80.5 cm³/mol. The summed E-state index contributed by atoms with van der Waals surface area (Å²) < 4.78 is 5.87. The first-order chi connectivity index (χ1) is 9.24. The quantitative estimate of drug-likeness (QED) is 0.770. The van der Waals surface area contributed by atoms with Crippen LogP contribution in [0.1, 0.15) is 5.76 Å². The van der Waals surface area contributed by atoms with Crippen LogP contribution in [0.3, 0.4) is 0 Å². The lowest BCUT2D eigenvalue weighted by Crippen LogP contribution is -2.13. The third kappa shape index (κ3) is 1.87. The summed E-state index contributed by atoms with van der Waals surface area (Å²) in [4.78, 5) is 13.2. The largest absolute Gasteiger partial charge is 0.455 e. The van der Waals surface area contributed by atoms with Gasteiger partial charge in [0, 0.05) is 10.8 Å². The molecule has 0 spiro atoms. The highest BCUT2D eigenvalue weighted by molar-refractivity contribution is 8.00. The Labute approximate surface area is 115 Å². The van der Waals surface area contributed by atoms with Crippen LogP contribution in [0.25, 0.3) is 16.5 Å². The van der Waals surface area contributed by atoms with Gasteiger partial charge in [0.25, 0.3) is 0 Å². The number of rotatable bonds is 2. The molecule has 1 aromatic heterocycles. The van der Waals surface area contributed by atoms with E-state index in [1.165, 1.54) is 11.8 Å². The zero-order valence-corrected chi connectivity index (χ0v) is 11.1. The van der Waals surface area contributed by atoms with Crippen molar-refractivity contribution in [2.45, 2.75) is 10.1 Å². The van der Waals surface area contributed by atoms with Gasteiger partial charge in [-0.3, -0.25) is 4.79 Å². The molecule has 2 heterocycles. The SMILES string of the molecule is C=CC1=CC(C=C)Sc2c1oc1ccccc1c2=O. The maximum atomic E-state index is 12.5. The fourth-order valence-electron chi connectivity index (χ4n) is 2.12. The van der Waals surface area contributed by atoms with Crippen molar-refractivity contribution in [3.05, 3.63) is 71.6 Å². The minimum Gasteiger partial charge on any atom is -0.455 e. The van der Waals surface area contributed by atoms with Gasteiger partial charge in [-0.25, -0.2) is 0 Å². The van der Waals surface area contributed by atoms with Crippen LogP contribution in [0.4, 0.5) is 0 Å². The fraction of sp³-hybridized carbons (Fsp3) is 0.0625. The molecular weight excluding hydrogens is 256 g/mol. The summed E-state index contributed by atoms with van der Waals surface area (Å²) in [6.45, 7) is 7.57. The molecule has 1 aliphatic rings. The molecule has 1 unspecified atom stereocenters. The molecule has 3 heteroatoms. The number of hydrogen-bond acceptors (Lipinski definition) is 3. The third-order valence-electron chi connectivity index (χ3n) is 3.07. The molecule has 0 radical (unpaired) electrons. The minimum atomic E-state index is 0.0150. The van der Waals surface area contributed by atoms with E-state index in [2.05, 4.69) is 13.2 Å². The van der Waals surface area contributed by atoms with Gasteiger partial charge in [0.2, 0.25) is 5.43 Å². The van der Waals surface area contributed by atoms with Crippen molar-refractivity contribution < 1.29 is 4.42 Å². The summed E-state index contributed by atoms with van der Waals surface area (Å²) in [5.74, 6) is 0.613. The Morgan fingerprint density at radius 1 is 1.26 bits per heavy atom. The van der Waals surface area contributed by atoms with E-state index >= 15 is 0 Å². The summed E-state index contributed by atoms with van der Waals surface area (Å²) in [5.41, 5.74) is 1.47. The second-order valence-electron chi connectivity index (χ2n) is 4.23. The Bertz CT molecular complexity index is 768. The van der Waals surface area contributed by atoms with E-state index in [1.54, 1.807) is 12.1 Å². The standard InChI is InChI=1S/C16H12O2S/c1-3-10-9-11(4-2)19-16-14(17)12-7-5-6-8-13(12)18-15(10)16/h3-9,11H,1-2H2. The summed E-state index contributed by atoms with van der Waals surface area (Å²) in [6.07, 6.45) is 5.53. The average molecular weight is 268 g/mol. The van der Waals surface area contributed by atoms with Crippen molar-refractivity contribution in [2.24, 2.45) is 0 Å². The van der Waals surface area contributed by atoms with Gasteiger partial charge in [-0.15, -0.1) is 18.3 Å². The van der Waals surface area contributed by atoms with Crippen molar-refractivity contribution in [1.82, 2.24) is 0 Å². The molecule has 94 valence electrons. The Hall–Kier alpha value is -2.00. The van der Waals surface area contributed by atoms with Gasteiger partial charge in [0.15, 0.2) is 5.76 Å². The van der Waals surface area contributed by atoms with E-state index in [0.717, 1.165) is 5.57 Å². The van der Waals surface area contributed by atoms with E-state index in [9.17, 15) is 4.79 Å². The molecule has 0 bridgehead atoms. The van der Waals surface area contributed by atoms with Crippen LogP contribution in [0.2, 0.25) is 0 Å². The third-order valence-corrected chi connectivity index (χ3v) is 4.28. The van der Waals surface area contributed by atoms with Crippen molar-refractivity contribution in [1.29, 1.82) is 0 Å². The van der Waals surface area contributed by atoms with Gasteiger partial charge in [-0.05, 0) is 12.1 Å². The number of benzene rings is 1. The number of para-hydroxylation sites is 1. The zero-order valence-electron chi connectivity index (χ0n) is 10.3. The molecule has 2 aromatic rings. The van der Waals surface area contributed by atoms with Crippen LogP contribution in [0.15, 0.2) is 69.8 Å². The van der Waals surface area contributed by atoms with Gasteiger partial charge in [0.1, 0.15) is 5.58 Å². The van der Waals surface area contributed by atoms with E-state index in [4.69, 9.17) is 4.42 Å². The summed E-state index contributed by atoms with van der Waals surface area (Å²) in [5, 5.41) is 0.687. The Kier molecular flexibility index (Phi) is 2.91. The monoisotopic (exact) mass is 268 g/mol. The molecular formula is C16H12O2S. The maximum absolute atomic E-state index is 12.5. The molecule has 1 atom stereocenters. The van der Waals surface area contributed by atoms with Gasteiger partial charge in [-0.1, -0.05) is 36.9 Å². The highest BCUT2D eigenvalue weighted by Crippen LogP contribution is 2.37. The Morgan fingerprint density at radius 3 is 2.79 bits per heavy atom. The van der Waals surface area contributed by atoms with Crippen LogP contribution in [-0.2, 0) is 0 Å². The van der Waals surface area contributed by atoms with E-state index in [0.29, 0.717) is 21.6 Å². The molecule has 0 saturated heterocycles. The first-order valence-electron chi connectivity index (χ1n) is 5.94. The molecule has 19 heavy (non-hydrogen) atoms. The smallest absolute Gasteiger partial charge is 0.206 e. The summed E-state index contributed by atoms with van der Waals surface area (Å²) in [7, 11) is 0.